The molecule has 0 aliphatic carbocycles. The van der Waals surface area contributed by atoms with Crippen LogP contribution < -0.4 is 11.5 Å². The smallest absolute Gasteiger partial charge is 0.131 e. The van der Waals surface area contributed by atoms with Gasteiger partial charge in [0.15, 0.2) is 0 Å². The lowest BCUT2D eigenvalue weighted by Gasteiger charge is -2.05. The highest BCUT2D eigenvalue weighted by Gasteiger charge is 2.04. The summed E-state index contributed by atoms with van der Waals surface area (Å²) in [6.45, 7) is 0. The molecule has 2 aromatic rings. The van der Waals surface area contributed by atoms with Gasteiger partial charge in [0.2, 0.25) is 0 Å². The maximum Gasteiger partial charge on any atom is 0.131 e. The van der Waals surface area contributed by atoms with Gasteiger partial charge < -0.3 is 11.5 Å². The lowest BCUT2D eigenvalue weighted by molar-refractivity contribution is 1.31. The second-order valence-corrected chi connectivity index (χ2v) is 3.39. The SMILES string of the molecule is N#Cc1cnc(N)c(-c2ccc(N)cc2)c1. The molecule has 0 aliphatic rings. The van der Waals surface area contributed by atoms with E-state index in [2.05, 4.69) is 4.98 Å². The molecule has 0 amide bonds. The first-order chi connectivity index (χ1) is 7.70. The van der Waals surface area contributed by atoms with Gasteiger partial charge in [-0.15, -0.1) is 0 Å². The van der Waals surface area contributed by atoms with E-state index < -0.39 is 0 Å². The number of nitrogens with two attached hydrogens (primary N) is 2. The van der Waals surface area contributed by atoms with Gasteiger partial charge in [-0.2, -0.15) is 5.26 Å². The molecule has 16 heavy (non-hydrogen) atoms. The minimum absolute atomic E-state index is 0.406. The van der Waals surface area contributed by atoms with Gasteiger partial charge in [0, 0.05) is 17.4 Å². The van der Waals surface area contributed by atoms with Crippen LogP contribution >= 0.6 is 0 Å². The molecule has 4 N–H and O–H groups in total. The van der Waals surface area contributed by atoms with E-state index in [-0.39, 0.29) is 0 Å². The van der Waals surface area contributed by atoms with Crippen LogP contribution in [0.4, 0.5) is 11.5 Å². The first-order valence-corrected chi connectivity index (χ1v) is 4.72. The lowest BCUT2D eigenvalue weighted by atomic mass is 10.0. The molecule has 1 aromatic carbocycles. The average Bonchev–Trinajstić information content (AvgIpc) is 2.31. The number of pyridine rings is 1. The average molecular weight is 210 g/mol. The highest BCUT2D eigenvalue weighted by molar-refractivity contribution is 5.75. The summed E-state index contributed by atoms with van der Waals surface area (Å²) in [7, 11) is 0. The molecule has 0 fully saturated rings. The summed E-state index contributed by atoms with van der Waals surface area (Å²) in [5, 5.41) is 8.79. The first-order valence-electron chi connectivity index (χ1n) is 4.72. The number of nitrogen functional groups attached to an aromatic ring is 2. The number of hydrogen-bond donors (Lipinski definition) is 2. The minimum Gasteiger partial charge on any atom is -0.399 e. The molecule has 0 atom stereocenters. The molecule has 78 valence electrons. The number of benzene rings is 1. The topological polar surface area (TPSA) is 88.7 Å². The fourth-order valence-electron chi connectivity index (χ4n) is 1.43. The van der Waals surface area contributed by atoms with Gasteiger partial charge in [0.25, 0.3) is 0 Å². The van der Waals surface area contributed by atoms with Crippen molar-refractivity contribution in [3.05, 3.63) is 42.1 Å². The Balaban J connectivity index is 2.55. The molecule has 1 heterocycles. The molecule has 0 unspecified atom stereocenters. The number of aromatic nitrogens is 1. The van der Waals surface area contributed by atoms with Crippen LogP contribution in [0.2, 0.25) is 0 Å². The molecule has 1 aromatic heterocycles. The molecule has 0 saturated heterocycles. The van der Waals surface area contributed by atoms with Crippen molar-refractivity contribution in [1.82, 2.24) is 4.98 Å². The Labute approximate surface area is 93.1 Å². The predicted molar refractivity (Wildman–Crippen MR) is 63.2 cm³/mol. The van der Waals surface area contributed by atoms with Crippen LogP contribution in [0.3, 0.4) is 0 Å². The molecule has 2 rings (SSSR count). The van der Waals surface area contributed by atoms with Crippen molar-refractivity contribution in [1.29, 1.82) is 5.26 Å². The van der Waals surface area contributed by atoms with E-state index in [1.807, 2.05) is 18.2 Å². The lowest BCUT2D eigenvalue weighted by Crippen LogP contribution is -1.95. The zero-order valence-corrected chi connectivity index (χ0v) is 8.51. The molecular weight excluding hydrogens is 200 g/mol. The van der Waals surface area contributed by atoms with Crippen LogP contribution in [0.25, 0.3) is 11.1 Å². The molecule has 4 heteroatoms. The second kappa shape index (κ2) is 3.91. The van der Waals surface area contributed by atoms with Crippen LogP contribution in [0.15, 0.2) is 36.5 Å². The quantitative estimate of drug-likeness (QED) is 0.702. The standard InChI is InChI=1S/C12H10N4/c13-6-8-5-11(12(15)16-7-8)9-1-3-10(14)4-2-9/h1-5,7H,14H2,(H2,15,16). The first kappa shape index (κ1) is 9.99. The summed E-state index contributed by atoms with van der Waals surface area (Å²) in [6.07, 6.45) is 1.45. The van der Waals surface area contributed by atoms with E-state index in [1.165, 1.54) is 6.20 Å². The zero-order valence-electron chi connectivity index (χ0n) is 8.51. The van der Waals surface area contributed by atoms with Gasteiger partial charge in [-0.3, -0.25) is 0 Å². The van der Waals surface area contributed by atoms with Crippen molar-refractivity contribution in [2.24, 2.45) is 0 Å². The number of hydrogen-bond acceptors (Lipinski definition) is 4. The minimum atomic E-state index is 0.406. The van der Waals surface area contributed by atoms with Crippen LogP contribution in [-0.2, 0) is 0 Å². The van der Waals surface area contributed by atoms with Crippen molar-refractivity contribution >= 4 is 11.5 Å². The summed E-state index contributed by atoms with van der Waals surface area (Å²) in [4.78, 5) is 3.97. The highest BCUT2D eigenvalue weighted by Crippen LogP contribution is 2.25. The van der Waals surface area contributed by atoms with Crippen molar-refractivity contribution in [3.8, 4) is 17.2 Å². The third-order valence-corrected chi connectivity index (χ3v) is 2.27. The Kier molecular flexibility index (Phi) is 2.44. The van der Waals surface area contributed by atoms with E-state index in [4.69, 9.17) is 16.7 Å². The normalized spacial score (nSPS) is 9.69. The fourth-order valence-corrected chi connectivity index (χ4v) is 1.43. The van der Waals surface area contributed by atoms with Crippen LogP contribution in [-0.4, -0.2) is 4.98 Å². The fraction of sp³-hybridized carbons (Fsp3) is 0. The molecular formula is C12H10N4. The van der Waals surface area contributed by atoms with Gasteiger partial charge in [0.1, 0.15) is 11.9 Å². The maximum absolute atomic E-state index is 8.79. The number of nitrogens with zero attached hydrogens (tertiary/aromatic N) is 2. The second-order valence-electron chi connectivity index (χ2n) is 3.39. The summed E-state index contributed by atoms with van der Waals surface area (Å²) in [5.41, 5.74) is 14.2. The van der Waals surface area contributed by atoms with Crippen molar-refractivity contribution in [2.75, 3.05) is 11.5 Å². The van der Waals surface area contributed by atoms with Crippen molar-refractivity contribution in [2.45, 2.75) is 0 Å². The van der Waals surface area contributed by atoms with Gasteiger partial charge in [-0.1, -0.05) is 12.1 Å². The van der Waals surface area contributed by atoms with Crippen LogP contribution in [0.1, 0.15) is 5.56 Å². The van der Waals surface area contributed by atoms with Crippen LogP contribution in [0.5, 0.6) is 0 Å². The van der Waals surface area contributed by atoms with Gasteiger partial charge in [-0.25, -0.2) is 4.98 Å². The van der Waals surface area contributed by atoms with Gasteiger partial charge >= 0.3 is 0 Å². The highest BCUT2D eigenvalue weighted by atomic mass is 14.8. The molecule has 0 radical (unpaired) electrons. The van der Waals surface area contributed by atoms with Gasteiger partial charge in [-0.05, 0) is 23.8 Å². The van der Waals surface area contributed by atoms with Crippen molar-refractivity contribution in [3.63, 3.8) is 0 Å². The van der Waals surface area contributed by atoms with Crippen molar-refractivity contribution < 1.29 is 0 Å². The summed E-state index contributed by atoms with van der Waals surface area (Å²) >= 11 is 0. The zero-order chi connectivity index (χ0) is 11.5. The molecule has 0 bridgehead atoms. The summed E-state index contributed by atoms with van der Waals surface area (Å²) in [6, 6.07) is 11.0. The number of anilines is 2. The monoisotopic (exact) mass is 210 g/mol. The summed E-state index contributed by atoms with van der Waals surface area (Å²) in [5.74, 6) is 0.406. The van der Waals surface area contributed by atoms with E-state index in [1.54, 1.807) is 18.2 Å². The van der Waals surface area contributed by atoms with Gasteiger partial charge in [0.05, 0.1) is 5.56 Å². The van der Waals surface area contributed by atoms with E-state index >= 15 is 0 Å². The number of rotatable bonds is 1. The third-order valence-electron chi connectivity index (χ3n) is 2.27. The van der Waals surface area contributed by atoms with E-state index in [0.717, 1.165) is 11.1 Å². The Hall–Kier alpha value is -2.54. The third kappa shape index (κ3) is 1.79. The Morgan fingerprint density at radius 2 is 1.81 bits per heavy atom. The molecule has 0 aliphatic heterocycles. The molecule has 0 spiro atoms. The Morgan fingerprint density at radius 3 is 2.44 bits per heavy atom. The Morgan fingerprint density at radius 1 is 1.12 bits per heavy atom. The predicted octanol–water partition coefficient (Wildman–Crippen LogP) is 1.78. The number of nitriles is 1. The molecule has 4 nitrogen and oxygen atoms in total. The molecule has 0 saturated carbocycles. The van der Waals surface area contributed by atoms with E-state index in [9.17, 15) is 0 Å². The van der Waals surface area contributed by atoms with Crippen LogP contribution in [0, 0.1) is 11.3 Å². The largest absolute Gasteiger partial charge is 0.399 e. The summed E-state index contributed by atoms with van der Waals surface area (Å²) < 4.78 is 0. The van der Waals surface area contributed by atoms with E-state index in [0.29, 0.717) is 17.1 Å². The maximum atomic E-state index is 8.79. The Bertz CT molecular complexity index is 552.